The molecule has 0 saturated heterocycles. The van der Waals surface area contributed by atoms with E-state index >= 15 is 0 Å². The van der Waals surface area contributed by atoms with Gasteiger partial charge in [0.1, 0.15) is 0 Å². The number of hydrogen-bond donors (Lipinski definition) is 0. The molecule has 0 aliphatic carbocycles. The van der Waals surface area contributed by atoms with Gasteiger partial charge in [-0.25, -0.2) is 4.79 Å². The van der Waals surface area contributed by atoms with Crippen LogP contribution in [0.2, 0.25) is 0 Å². The second-order valence-electron chi connectivity index (χ2n) is 1.84. The van der Waals surface area contributed by atoms with Gasteiger partial charge in [-0.1, -0.05) is 0 Å². The topological polar surface area (TPSA) is 29.5 Å². The van der Waals surface area contributed by atoms with Gasteiger partial charge in [-0.2, -0.15) is 0 Å². The lowest BCUT2D eigenvalue weighted by atomic mass is 10.5. The molecule has 0 fully saturated rings. The van der Waals surface area contributed by atoms with Crippen LogP contribution >= 0.6 is 23.2 Å². The molecule has 3 nitrogen and oxygen atoms in total. The normalized spacial score (nSPS) is 9.36. The van der Waals surface area contributed by atoms with Gasteiger partial charge in [0.05, 0.1) is 7.11 Å². The molecule has 0 aromatic carbocycles. The van der Waals surface area contributed by atoms with Gasteiger partial charge in [0.25, 0.3) is 0 Å². The summed E-state index contributed by atoms with van der Waals surface area (Å²) in [7, 11) is 1.33. The lowest BCUT2D eigenvalue weighted by Crippen LogP contribution is -2.34. The van der Waals surface area contributed by atoms with Crippen LogP contribution < -0.4 is 0 Å². The van der Waals surface area contributed by atoms with Crippen LogP contribution in [0.25, 0.3) is 0 Å². The quantitative estimate of drug-likeness (QED) is 0.644. The van der Waals surface area contributed by atoms with Gasteiger partial charge in [-0.3, -0.25) is 0 Å². The van der Waals surface area contributed by atoms with Crippen molar-refractivity contribution in [1.82, 2.24) is 4.90 Å². The van der Waals surface area contributed by atoms with E-state index in [2.05, 4.69) is 4.74 Å². The number of carbonyl (C=O) groups is 1. The number of alkyl halides is 2. The Morgan fingerprint density at radius 2 is 1.82 bits per heavy atom. The Morgan fingerprint density at radius 1 is 1.36 bits per heavy atom. The van der Waals surface area contributed by atoms with Crippen molar-refractivity contribution in [2.24, 2.45) is 0 Å². The average molecular weight is 200 g/mol. The Balaban J connectivity index is 3.76. The molecule has 0 aromatic rings. The highest BCUT2D eigenvalue weighted by Gasteiger charge is 2.10. The molecule has 0 heterocycles. The van der Waals surface area contributed by atoms with Crippen LogP contribution in [0.3, 0.4) is 0 Å². The summed E-state index contributed by atoms with van der Waals surface area (Å²) in [5, 5.41) is 0. The van der Waals surface area contributed by atoms with Crippen molar-refractivity contribution in [1.29, 1.82) is 0 Å². The van der Waals surface area contributed by atoms with E-state index in [9.17, 15) is 4.79 Å². The van der Waals surface area contributed by atoms with E-state index in [1.54, 1.807) is 0 Å². The first kappa shape index (κ1) is 10.8. The van der Waals surface area contributed by atoms with Crippen LogP contribution in [0.1, 0.15) is 0 Å². The Hall–Kier alpha value is -0.150. The van der Waals surface area contributed by atoms with Crippen LogP contribution in [0.4, 0.5) is 4.79 Å². The molecule has 5 heteroatoms. The van der Waals surface area contributed by atoms with Gasteiger partial charge >= 0.3 is 6.09 Å². The maximum absolute atomic E-state index is 10.9. The van der Waals surface area contributed by atoms with Crippen LogP contribution in [-0.2, 0) is 4.74 Å². The smallest absolute Gasteiger partial charge is 0.409 e. The SMILES string of the molecule is COC(=O)N(CCCl)CCCl. The Labute approximate surface area is 76.2 Å². The van der Waals surface area contributed by atoms with E-state index in [0.717, 1.165) is 0 Å². The zero-order chi connectivity index (χ0) is 8.69. The molecule has 0 radical (unpaired) electrons. The fraction of sp³-hybridized carbons (Fsp3) is 0.833. The third-order valence-electron chi connectivity index (χ3n) is 1.14. The molecule has 0 atom stereocenters. The minimum Gasteiger partial charge on any atom is -0.453 e. The molecule has 0 aromatic heterocycles. The van der Waals surface area contributed by atoms with Crippen LogP contribution in [0.5, 0.6) is 0 Å². The predicted octanol–water partition coefficient (Wildman–Crippen LogP) is 1.53. The van der Waals surface area contributed by atoms with E-state index in [-0.39, 0.29) is 6.09 Å². The minimum absolute atomic E-state index is 0.383. The maximum Gasteiger partial charge on any atom is 0.409 e. The van der Waals surface area contributed by atoms with Gasteiger partial charge < -0.3 is 9.64 Å². The molecular formula is C6H11Cl2NO2. The van der Waals surface area contributed by atoms with E-state index in [1.165, 1.54) is 12.0 Å². The Bertz CT molecular complexity index is 115. The zero-order valence-corrected chi connectivity index (χ0v) is 7.86. The molecule has 0 aliphatic heterocycles. The van der Waals surface area contributed by atoms with Crippen LogP contribution in [0.15, 0.2) is 0 Å². The number of methoxy groups -OCH3 is 1. The monoisotopic (exact) mass is 199 g/mol. The summed E-state index contributed by atoms with van der Waals surface area (Å²) in [4.78, 5) is 12.3. The van der Waals surface area contributed by atoms with Gasteiger partial charge in [0.15, 0.2) is 0 Å². The summed E-state index contributed by atoms with van der Waals surface area (Å²) in [6, 6.07) is 0. The van der Waals surface area contributed by atoms with Crippen molar-refractivity contribution in [3.8, 4) is 0 Å². The number of halogens is 2. The van der Waals surface area contributed by atoms with Gasteiger partial charge in [0.2, 0.25) is 0 Å². The molecule has 0 spiro atoms. The zero-order valence-electron chi connectivity index (χ0n) is 6.35. The summed E-state index contributed by atoms with van der Waals surface area (Å²) in [6.45, 7) is 0.946. The van der Waals surface area contributed by atoms with E-state index in [1.807, 2.05) is 0 Å². The van der Waals surface area contributed by atoms with Crippen molar-refractivity contribution in [3.05, 3.63) is 0 Å². The van der Waals surface area contributed by atoms with Gasteiger partial charge in [0, 0.05) is 24.8 Å². The Morgan fingerprint density at radius 3 is 2.09 bits per heavy atom. The molecule has 0 rings (SSSR count). The highest BCUT2D eigenvalue weighted by Crippen LogP contribution is 1.94. The highest BCUT2D eigenvalue weighted by atomic mass is 35.5. The maximum atomic E-state index is 10.9. The van der Waals surface area contributed by atoms with Crippen molar-refractivity contribution in [3.63, 3.8) is 0 Å². The number of ether oxygens (including phenoxy) is 1. The van der Waals surface area contributed by atoms with E-state index < -0.39 is 0 Å². The number of carbonyl (C=O) groups excluding carboxylic acids is 1. The van der Waals surface area contributed by atoms with Gasteiger partial charge in [-0.15, -0.1) is 23.2 Å². The first-order valence-corrected chi connectivity index (χ1v) is 4.28. The fourth-order valence-electron chi connectivity index (χ4n) is 0.628. The summed E-state index contributed by atoms with van der Waals surface area (Å²) in [5.41, 5.74) is 0. The summed E-state index contributed by atoms with van der Waals surface area (Å²) in [6.07, 6.45) is -0.383. The predicted molar refractivity (Wildman–Crippen MR) is 45.4 cm³/mol. The molecular weight excluding hydrogens is 189 g/mol. The van der Waals surface area contributed by atoms with Crippen LogP contribution in [-0.4, -0.2) is 43.0 Å². The summed E-state index contributed by atoms with van der Waals surface area (Å²) in [5.74, 6) is 0.790. The van der Waals surface area contributed by atoms with Crippen LogP contribution in [0, 0.1) is 0 Å². The first-order valence-electron chi connectivity index (χ1n) is 3.21. The molecule has 0 aliphatic rings. The fourth-order valence-corrected chi connectivity index (χ4v) is 1.04. The number of nitrogens with zero attached hydrogens (tertiary/aromatic N) is 1. The number of hydrogen-bond acceptors (Lipinski definition) is 2. The lowest BCUT2D eigenvalue weighted by molar-refractivity contribution is 0.128. The van der Waals surface area contributed by atoms with Crippen molar-refractivity contribution in [2.75, 3.05) is 32.0 Å². The average Bonchev–Trinajstić information content (AvgIpc) is 2.03. The molecule has 0 N–H and O–H groups in total. The number of amides is 1. The second kappa shape index (κ2) is 6.55. The van der Waals surface area contributed by atoms with Crippen molar-refractivity contribution < 1.29 is 9.53 Å². The molecule has 0 unspecified atom stereocenters. The van der Waals surface area contributed by atoms with E-state index in [0.29, 0.717) is 24.8 Å². The molecule has 1 amide bonds. The number of rotatable bonds is 4. The molecule has 0 bridgehead atoms. The van der Waals surface area contributed by atoms with Crippen molar-refractivity contribution >= 4 is 29.3 Å². The van der Waals surface area contributed by atoms with E-state index in [4.69, 9.17) is 23.2 Å². The summed E-state index contributed by atoms with van der Waals surface area (Å²) < 4.78 is 4.49. The molecule has 0 saturated carbocycles. The standard InChI is InChI=1S/C6H11Cl2NO2/c1-11-6(10)9(4-2-7)5-3-8/h2-5H2,1H3. The third-order valence-corrected chi connectivity index (χ3v) is 1.48. The third kappa shape index (κ3) is 4.32. The lowest BCUT2D eigenvalue weighted by Gasteiger charge is -2.17. The largest absolute Gasteiger partial charge is 0.453 e. The molecule has 11 heavy (non-hydrogen) atoms. The molecule has 66 valence electrons. The Kier molecular flexibility index (Phi) is 6.46. The van der Waals surface area contributed by atoms with Gasteiger partial charge in [-0.05, 0) is 0 Å². The highest BCUT2D eigenvalue weighted by molar-refractivity contribution is 6.18. The summed E-state index contributed by atoms with van der Waals surface area (Å²) >= 11 is 10.9. The first-order chi connectivity index (χ1) is 5.26. The van der Waals surface area contributed by atoms with Crippen molar-refractivity contribution in [2.45, 2.75) is 0 Å². The second-order valence-corrected chi connectivity index (χ2v) is 2.59. The minimum atomic E-state index is -0.383.